The van der Waals surface area contributed by atoms with Gasteiger partial charge >= 0.3 is 0 Å². The Morgan fingerprint density at radius 2 is 2.07 bits per heavy atom. The van der Waals surface area contributed by atoms with Crippen LogP contribution < -0.4 is 0 Å². The third-order valence-electron chi connectivity index (χ3n) is 1.69. The normalized spacial score (nSPS) is 9.60. The third kappa shape index (κ3) is 3.48. The minimum Gasteiger partial charge on any atom is -0.206 e. The van der Waals surface area contributed by atoms with E-state index in [4.69, 9.17) is 11.6 Å². The summed E-state index contributed by atoms with van der Waals surface area (Å²) in [6.07, 6.45) is 1.25. The fraction of sp³-hybridized carbons (Fsp3) is 0.273. The van der Waals surface area contributed by atoms with E-state index in [0.717, 1.165) is 0 Å². The zero-order valence-electron chi connectivity index (χ0n) is 7.79. The summed E-state index contributed by atoms with van der Waals surface area (Å²) in [6.45, 7) is 0. The lowest BCUT2D eigenvalue weighted by Crippen LogP contribution is -1.90. The van der Waals surface area contributed by atoms with Crippen molar-refractivity contribution in [1.82, 2.24) is 0 Å². The van der Waals surface area contributed by atoms with Crippen LogP contribution in [0.1, 0.15) is 18.4 Å². The SMILES string of the molecule is Fc1ccc(Br)c(F)c1C#CCCCCl. The van der Waals surface area contributed by atoms with E-state index in [-0.39, 0.29) is 10.0 Å². The van der Waals surface area contributed by atoms with Gasteiger partial charge in [0, 0.05) is 12.3 Å². The van der Waals surface area contributed by atoms with Crippen molar-refractivity contribution in [3.63, 3.8) is 0 Å². The van der Waals surface area contributed by atoms with Crippen molar-refractivity contribution in [2.75, 3.05) is 5.88 Å². The van der Waals surface area contributed by atoms with E-state index in [2.05, 4.69) is 27.8 Å². The predicted octanol–water partition coefficient (Wildman–Crippen LogP) is 4.10. The Hall–Kier alpha value is -0.590. The van der Waals surface area contributed by atoms with Crippen molar-refractivity contribution >= 4 is 27.5 Å². The molecule has 80 valence electrons. The van der Waals surface area contributed by atoms with Gasteiger partial charge in [0.05, 0.1) is 10.0 Å². The van der Waals surface area contributed by atoms with Crippen molar-refractivity contribution in [3.8, 4) is 11.8 Å². The molecule has 0 unspecified atom stereocenters. The number of hydrogen-bond acceptors (Lipinski definition) is 0. The molecule has 0 aliphatic rings. The van der Waals surface area contributed by atoms with Crippen molar-refractivity contribution in [3.05, 3.63) is 33.8 Å². The van der Waals surface area contributed by atoms with Crippen molar-refractivity contribution in [1.29, 1.82) is 0 Å². The van der Waals surface area contributed by atoms with Crippen LogP contribution in [-0.4, -0.2) is 5.88 Å². The van der Waals surface area contributed by atoms with Gasteiger partial charge in [0.15, 0.2) is 5.82 Å². The lowest BCUT2D eigenvalue weighted by atomic mass is 10.2. The summed E-state index contributed by atoms with van der Waals surface area (Å²) in [5.41, 5.74) is -0.195. The van der Waals surface area contributed by atoms with Crippen LogP contribution in [0.4, 0.5) is 8.78 Å². The predicted molar refractivity (Wildman–Crippen MR) is 60.9 cm³/mol. The lowest BCUT2D eigenvalue weighted by molar-refractivity contribution is 0.573. The Kier molecular flexibility index (Phi) is 5.07. The molecule has 0 fully saturated rings. The third-order valence-corrected chi connectivity index (χ3v) is 2.57. The minimum absolute atomic E-state index is 0.195. The van der Waals surface area contributed by atoms with E-state index in [1.54, 1.807) is 0 Å². The number of unbranched alkanes of at least 4 members (excludes halogenated alkanes) is 1. The van der Waals surface area contributed by atoms with Crippen LogP contribution in [0.25, 0.3) is 0 Å². The number of alkyl halides is 1. The van der Waals surface area contributed by atoms with Gasteiger partial charge in [-0.2, -0.15) is 0 Å². The lowest BCUT2D eigenvalue weighted by Gasteiger charge is -1.98. The minimum atomic E-state index is -0.659. The first-order chi connectivity index (χ1) is 7.16. The Balaban J connectivity index is 2.92. The molecule has 0 radical (unpaired) electrons. The zero-order chi connectivity index (χ0) is 11.3. The molecule has 0 aliphatic heterocycles. The van der Waals surface area contributed by atoms with E-state index in [1.165, 1.54) is 12.1 Å². The number of halogens is 4. The van der Waals surface area contributed by atoms with Gasteiger partial charge in [-0.1, -0.05) is 11.8 Å². The molecule has 0 bridgehead atoms. The Morgan fingerprint density at radius 3 is 2.73 bits per heavy atom. The summed E-state index contributed by atoms with van der Waals surface area (Å²) >= 11 is 8.42. The molecule has 4 heteroatoms. The number of rotatable bonds is 2. The van der Waals surface area contributed by atoms with Crippen molar-refractivity contribution < 1.29 is 8.78 Å². The van der Waals surface area contributed by atoms with Crippen LogP contribution in [0.3, 0.4) is 0 Å². The average molecular weight is 294 g/mol. The van der Waals surface area contributed by atoms with Gasteiger partial charge < -0.3 is 0 Å². The molecule has 15 heavy (non-hydrogen) atoms. The van der Waals surface area contributed by atoms with E-state index < -0.39 is 11.6 Å². The molecule has 0 atom stereocenters. The highest BCUT2D eigenvalue weighted by atomic mass is 79.9. The fourth-order valence-electron chi connectivity index (χ4n) is 0.948. The van der Waals surface area contributed by atoms with Gasteiger partial charge in [0.1, 0.15) is 5.82 Å². The number of benzene rings is 1. The van der Waals surface area contributed by atoms with Crippen LogP contribution in [0.15, 0.2) is 16.6 Å². The maximum Gasteiger partial charge on any atom is 0.155 e. The molecular weight excluding hydrogens is 285 g/mol. The first-order valence-corrected chi connectivity index (χ1v) is 5.68. The van der Waals surface area contributed by atoms with Crippen molar-refractivity contribution in [2.24, 2.45) is 0 Å². The van der Waals surface area contributed by atoms with E-state index in [1.807, 2.05) is 0 Å². The standard InChI is InChI=1S/C11H8BrClF2/c12-9-5-6-10(14)8(11(9)15)4-2-1-3-7-13/h5-6H,1,3,7H2. The topological polar surface area (TPSA) is 0 Å². The highest BCUT2D eigenvalue weighted by molar-refractivity contribution is 9.10. The molecule has 0 saturated carbocycles. The second kappa shape index (κ2) is 6.09. The Morgan fingerprint density at radius 1 is 1.33 bits per heavy atom. The van der Waals surface area contributed by atoms with Gasteiger partial charge in [-0.25, -0.2) is 8.78 Å². The summed E-state index contributed by atoms with van der Waals surface area (Å²) in [4.78, 5) is 0. The molecule has 1 aromatic carbocycles. The molecule has 0 nitrogen and oxygen atoms in total. The van der Waals surface area contributed by atoms with Crippen LogP contribution in [0.5, 0.6) is 0 Å². The van der Waals surface area contributed by atoms with Gasteiger partial charge in [-0.05, 0) is 34.5 Å². The molecule has 0 aromatic heterocycles. The molecule has 0 amide bonds. The quantitative estimate of drug-likeness (QED) is 0.333. The maximum atomic E-state index is 13.4. The largest absolute Gasteiger partial charge is 0.206 e. The number of hydrogen-bond donors (Lipinski definition) is 0. The highest BCUT2D eigenvalue weighted by Gasteiger charge is 2.09. The summed E-state index contributed by atoms with van der Waals surface area (Å²) in [6, 6.07) is 2.49. The zero-order valence-corrected chi connectivity index (χ0v) is 10.1. The maximum absolute atomic E-state index is 13.4. The highest BCUT2D eigenvalue weighted by Crippen LogP contribution is 2.20. The Labute approximate surface area is 101 Å². The summed E-state index contributed by atoms with van der Waals surface area (Å²) < 4.78 is 26.7. The van der Waals surface area contributed by atoms with Gasteiger partial charge in [-0.3, -0.25) is 0 Å². The Bertz CT molecular complexity index is 407. The summed E-state index contributed by atoms with van der Waals surface area (Å²) in [7, 11) is 0. The molecule has 0 aliphatic carbocycles. The fourth-order valence-corrected chi connectivity index (χ4v) is 1.41. The van der Waals surface area contributed by atoms with Crippen LogP contribution in [0.2, 0.25) is 0 Å². The molecule has 0 heterocycles. The first kappa shape index (κ1) is 12.5. The average Bonchev–Trinajstić information content (AvgIpc) is 2.23. The van der Waals surface area contributed by atoms with E-state index in [0.29, 0.717) is 18.7 Å². The summed E-state index contributed by atoms with van der Waals surface area (Å²) in [5.74, 6) is 4.34. The second-order valence-corrected chi connectivity index (χ2v) is 4.04. The van der Waals surface area contributed by atoms with Crippen molar-refractivity contribution in [2.45, 2.75) is 12.8 Å². The van der Waals surface area contributed by atoms with Gasteiger partial charge in [0.25, 0.3) is 0 Å². The molecule has 1 rings (SSSR count). The molecular formula is C11H8BrClF2. The van der Waals surface area contributed by atoms with E-state index in [9.17, 15) is 8.78 Å². The smallest absolute Gasteiger partial charge is 0.155 e. The summed E-state index contributed by atoms with van der Waals surface area (Å²) in [5, 5.41) is 0. The monoisotopic (exact) mass is 292 g/mol. The van der Waals surface area contributed by atoms with Crippen LogP contribution in [0, 0.1) is 23.5 Å². The molecule has 0 N–H and O–H groups in total. The molecule has 1 aromatic rings. The van der Waals surface area contributed by atoms with Gasteiger partial charge in [0.2, 0.25) is 0 Å². The van der Waals surface area contributed by atoms with E-state index >= 15 is 0 Å². The van der Waals surface area contributed by atoms with Crippen LogP contribution >= 0.6 is 27.5 Å². The van der Waals surface area contributed by atoms with Crippen LogP contribution in [-0.2, 0) is 0 Å². The second-order valence-electron chi connectivity index (χ2n) is 2.81. The first-order valence-electron chi connectivity index (χ1n) is 4.35. The van der Waals surface area contributed by atoms with Gasteiger partial charge in [-0.15, -0.1) is 11.6 Å². The molecule has 0 spiro atoms. The molecule has 0 saturated heterocycles.